The Morgan fingerprint density at radius 2 is 2.11 bits per heavy atom. The number of hydrogen-bond donors (Lipinski definition) is 1. The van der Waals surface area contributed by atoms with Crippen LogP contribution in [0.5, 0.6) is 0 Å². The number of carboxylic acid groups (broad SMARTS) is 1. The summed E-state index contributed by atoms with van der Waals surface area (Å²) in [5.74, 6) is -1.34. The number of aryl methyl sites for hydroxylation is 1. The first-order valence-corrected chi connectivity index (χ1v) is 5.13. The molecule has 8 heteroatoms. The molecular weight excluding hydrogens is 251 g/mol. The monoisotopic (exact) mass is 263 g/mol. The van der Waals surface area contributed by atoms with Crippen LogP contribution >= 0.6 is 0 Å². The van der Waals surface area contributed by atoms with Crippen LogP contribution in [-0.2, 0) is 0 Å². The molecule has 1 aromatic heterocycles. The second-order valence-electron chi connectivity index (χ2n) is 3.60. The van der Waals surface area contributed by atoms with E-state index in [4.69, 9.17) is 5.11 Å². The molecule has 0 aliphatic rings. The first-order valence-electron chi connectivity index (χ1n) is 5.13. The summed E-state index contributed by atoms with van der Waals surface area (Å²) in [6.07, 6.45) is -3.35. The highest BCUT2D eigenvalue weighted by Crippen LogP contribution is 2.20. The number of rotatable bonds is 4. The Labute approximate surface area is 101 Å². The zero-order valence-corrected chi connectivity index (χ0v) is 9.82. The molecule has 0 atom stereocenters. The minimum absolute atomic E-state index is 0.0748. The number of alkyl halides is 3. The number of carbonyl (C=O) groups is 1. The van der Waals surface area contributed by atoms with Gasteiger partial charge in [-0.15, -0.1) is 0 Å². The molecule has 0 saturated carbocycles. The third-order valence-electron chi connectivity index (χ3n) is 2.23. The molecule has 0 unspecified atom stereocenters. The van der Waals surface area contributed by atoms with Crippen LogP contribution in [0.4, 0.5) is 19.1 Å². The molecule has 0 radical (unpaired) electrons. The maximum absolute atomic E-state index is 12.3. The Morgan fingerprint density at radius 1 is 1.50 bits per heavy atom. The fourth-order valence-electron chi connectivity index (χ4n) is 1.36. The number of carboxylic acids is 1. The summed E-state index contributed by atoms with van der Waals surface area (Å²) in [5, 5.41) is 8.77. The predicted molar refractivity (Wildman–Crippen MR) is 57.7 cm³/mol. The van der Waals surface area contributed by atoms with Crippen molar-refractivity contribution >= 4 is 11.9 Å². The SMILES string of the molecule is CCN(CC(F)(F)F)c1ncc(C(=O)O)c(C)n1. The molecule has 0 aliphatic heterocycles. The molecule has 1 N–H and O–H groups in total. The van der Waals surface area contributed by atoms with Crippen LogP contribution in [0.25, 0.3) is 0 Å². The molecule has 0 aliphatic carbocycles. The molecule has 0 aromatic carbocycles. The summed E-state index contributed by atoms with van der Waals surface area (Å²) in [7, 11) is 0. The molecule has 1 aromatic rings. The first-order chi connectivity index (χ1) is 8.24. The van der Waals surface area contributed by atoms with E-state index in [1.165, 1.54) is 13.8 Å². The van der Waals surface area contributed by atoms with Crippen LogP contribution in [0.1, 0.15) is 23.0 Å². The highest BCUT2D eigenvalue weighted by atomic mass is 19.4. The standard InChI is InChI=1S/C10H12F3N3O2/c1-3-16(5-10(11,12)13)9-14-4-7(8(17)18)6(2)15-9/h4H,3,5H2,1-2H3,(H,17,18). The molecule has 0 saturated heterocycles. The number of nitrogens with zero attached hydrogens (tertiary/aromatic N) is 3. The Balaban J connectivity index is 3.01. The average molecular weight is 263 g/mol. The van der Waals surface area contributed by atoms with Gasteiger partial charge < -0.3 is 10.0 Å². The minimum atomic E-state index is -4.36. The highest BCUT2D eigenvalue weighted by Gasteiger charge is 2.31. The molecule has 100 valence electrons. The first kappa shape index (κ1) is 14.2. The average Bonchev–Trinajstić information content (AvgIpc) is 2.24. The van der Waals surface area contributed by atoms with Crippen molar-refractivity contribution in [2.24, 2.45) is 0 Å². The van der Waals surface area contributed by atoms with Crippen molar-refractivity contribution in [3.8, 4) is 0 Å². The van der Waals surface area contributed by atoms with Gasteiger partial charge in [0.05, 0.1) is 11.3 Å². The Hall–Kier alpha value is -1.86. The second kappa shape index (κ2) is 5.19. The largest absolute Gasteiger partial charge is 0.478 e. The topological polar surface area (TPSA) is 66.3 Å². The number of aromatic nitrogens is 2. The van der Waals surface area contributed by atoms with E-state index in [2.05, 4.69) is 9.97 Å². The van der Waals surface area contributed by atoms with Gasteiger partial charge in [-0.1, -0.05) is 0 Å². The van der Waals surface area contributed by atoms with Gasteiger partial charge in [0.15, 0.2) is 0 Å². The smallest absolute Gasteiger partial charge is 0.406 e. The fourth-order valence-corrected chi connectivity index (χ4v) is 1.36. The van der Waals surface area contributed by atoms with Gasteiger partial charge in [0.2, 0.25) is 5.95 Å². The fraction of sp³-hybridized carbons (Fsp3) is 0.500. The molecule has 18 heavy (non-hydrogen) atoms. The predicted octanol–water partition coefficient (Wildman–Crippen LogP) is 1.87. The number of hydrogen-bond acceptors (Lipinski definition) is 4. The van der Waals surface area contributed by atoms with Gasteiger partial charge in [0.1, 0.15) is 6.54 Å². The maximum Gasteiger partial charge on any atom is 0.406 e. The summed E-state index contributed by atoms with van der Waals surface area (Å²) in [6.45, 7) is 1.85. The second-order valence-corrected chi connectivity index (χ2v) is 3.60. The van der Waals surface area contributed by atoms with Gasteiger partial charge in [-0.25, -0.2) is 14.8 Å². The third kappa shape index (κ3) is 3.57. The summed E-state index contributed by atoms with van der Waals surface area (Å²) in [4.78, 5) is 19.1. The molecule has 1 heterocycles. The quantitative estimate of drug-likeness (QED) is 0.898. The van der Waals surface area contributed by atoms with E-state index in [1.807, 2.05) is 0 Å². The van der Waals surface area contributed by atoms with Crippen molar-refractivity contribution < 1.29 is 23.1 Å². The van der Waals surface area contributed by atoms with Gasteiger partial charge >= 0.3 is 12.1 Å². The molecule has 0 fully saturated rings. The summed E-state index contributed by atoms with van der Waals surface area (Å²) < 4.78 is 36.9. The van der Waals surface area contributed by atoms with Crippen LogP contribution in [0.15, 0.2) is 6.20 Å². The van der Waals surface area contributed by atoms with Gasteiger partial charge in [-0.2, -0.15) is 13.2 Å². The number of aromatic carboxylic acids is 1. The molecule has 0 bridgehead atoms. The van der Waals surface area contributed by atoms with E-state index in [0.717, 1.165) is 11.1 Å². The summed E-state index contributed by atoms with van der Waals surface area (Å²) in [5.41, 5.74) is 0.00920. The lowest BCUT2D eigenvalue weighted by molar-refractivity contribution is -0.119. The lowest BCUT2D eigenvalue weighted by atomic mass is 10.2. The highest BCUT2D eigenvalue weighted by molar-refractivity contribution is 5.88. The van der Waals surface area contributed by atoms with Crippen LogP contribution in [0.3, 0.4) is 0 Å². The van der Waals surface area contributed by atoms with Gasteiger partial charge in [0, 0.05) is 12.7 Å². The lowest BCUT2D eigenvalue weighted by Crippen LogP contribution is -2.35. The summed E-state index contributed by atoms with van der Waals surface area (Å²) >= 11 is 0. The Kier molecular flexibility index (Phi) is 4.10. The number of anilines is 1. The van der Waals surface area contributed by atoms with E-state index in [0.29, 0.717) is 0 Å². The van der Waals surface area contributed by atoms with E-state index in [1.54, 1.807) is 0 Å². The molecule has 1 rings (SSSR count). The van der Waals surface area contributed by atoms with Crippen molar-refractivity contribution in [1.29, 1.82) is 0 Å². The minimum Gasteiger partial charge on any atom is -0.478 e. The number of halogens is 3. The van der Waals surface area contributed by atoms with Crippen molar-refractivity contribution in [3.05, 3.63) is 17.5 Å². The third-order valence-corrected chi connectivity index (χ3v) is 2.23. The summed E-state index contributed by atoms with van der Waals surface area (Å²) in [6, 6.07) is 0. The van der Waals surface area contributed by atoms with Crippen LogP contribution in [0.2, 0.25) is 0 Å². The van der Waals surface area contributed by atoms with Crippen LogP contribution in [-0.4, -0.2) is 40.3 Å². The van der Waals surface area contributed by atoms with Gasteiger partial charge in [-0.05, 0) is 13.8 Å². The van der Waals surface area contributed by atoms with Crippen molar-refractivity contribution in [2.45, 2.75) is 20.0 Å². The molecule has 5 nitrogen and oxygen atoms in total. The normalized spacial score (nSPS) is 11.4. The lowest BCUT2D eigenvalue weighted by Gasteiger charge is -2.22. The maximum atomic E-state index is 12.3. The van der Waals surface area contributed by atoms with Gasteiger partial charge in [0.25, 0.3) is 0 Å². The van der Waals surface area contributed by atoms with E-state index in [-0.39, 0.29) is 23.8 Å². The molecular formula is C10H12F3N3O2. The van der Waals surface area contributed by atoms with Crippen LogP contribution in [0, 0.1) is 6.92 Å². The van der Waals surface area contributed by atoms with Crippen molar-refractivity contribution in [3.63, 3.8) is 0 Å². The van der Waals surface area contributed by atoms with E-state index < -0.39 is 18.7 Å². The van der Waals surface area contributed by atoms with Crippen molar-refractivity contribution in [1.82, 2.24) is 9.97 Å². The zero-order valence-electron chi connectivity index (χ0n) is 9.82. The van der Waals surface area contributed by atoms with Gasteiger partial charge in [-0.3, -0.25) is 0 Å². The molecule has 0 spiro atoms. The Morgan fingerprint density at radius 3 is 2.50 bits per heavy atom. The van der Waals surface area contributed by atoms with E-state index in [9.17, 15) is 18.0 Å². The zero-order chi connectivity index (χ0) is 13.9. The molecule has 0 amide bonds. The van der Waals surface area contributed by atoms with E-state index >= 15 is 0 Å². The van der Waals surface area contributed by atoms with Crippen LogP contribution < -0.4 is 4.90 Å². The van der Waals surface area contributed by atoms with Crippen molar-refractivity contribution in [2.75, 3.05) is 18.0 Å². The Bertz CT molecular complexity index is 448.